The van der Waals surface area contributed by atoms with Gasteiger partial charge in [-0.1, -0.05) is 35.3 Å². The van der Waals surface area contributed by atoms with Crippen LogP contribution in [0.2, 0.25) is 10.0 Å². The summed E-state index contributed by atoms with van der Waals surface area (Å²) in [5.41, 5.74) is 0.966. The molecule has 0 heterocycles. The fourth-order valence-corrected chi connectivity index (χ4v) is 3.45. The number of amides is 2. The minimum absolute atomic E-state index is 0.0835. The van der Waals surface area contributed by atoms with Crippen molar-refractivity contribution < 1.29 is 9.59 Å². The van der Waals surface area contributed by atoms with Crippen LogP contribution >= 0.6 is 35.0 Å². The lowest BCUT2D eigenvalue weighted by molar-refractivity contribution is 0.102. The molecule has 0 radical (unpaired) electrons. The molecule has 0 aliphatic carbocycles. The van der Waals surface area contributed by atoms with Crippen molar-refractivity contribution in [1.82, 2.24) is 4.90 Å². The van der Waals surface area contributed by atoms with Crippen molar-refractivity contribution in [3.8, 4) is 0 Å². The van der Waals surface area contributed by atoms with Gasteiger partial charge in [-0.3, -0.25) is 9.59 Å². The third-order valence-corrected chi connectivity index (χ3v) is 5.28. The summed E-state index contributed by atoms with van der Waals surface area (Å²) >= 11 is 12.9. The highest BCUT2D eigenvalue weighted by Gasteiger charge is 2.17. The van der Waals surface area contributed by atoms with E-state index < -0.39 is 0 Å². The number of carbonyl (C=O) groups is 2. The van der Waals surface area contributed by atoms with Gasteiger partial charge >= 0.3 is 0 Å². The van der Waals surface area contributed by atoms with Crippen molar-refractivity contribution in [2.24, 2.45) is 0 Å². The van der Waals surface area contributed by atoms with Crippen LogP contribution in [0.15, 0.2) is 47.4 Å². The third-order valence-electron chi connectivity index (χ3n) is 3.53. The number of carbonyl (C=O) groups excluding carboxylic acids is 2. The maximum absolute atomic E-state index is 12.6. The van der Waals surface area contributed by atoms with Crippen LogP contribution in [-0.4, -0.2) is 29.1 Å². The van der Waals surface area contributed by atoms with Gasteiger partial charge in [-0.25, -0.2) is 0 Å². The number of nitrogens with zero attached hydrogens (tertiary/aromatic N) is 1. The van der Waals surface area contributed by atoms with E-state index in [0.29, 0.717) is 39.3 Å². The number of thioether (sulfide) groups is 1. The van der Waals surface area contributed by atoms with Crippen LogP contribution in [0, 0.1) is 0 Å². The van der Waals surface area contributed by atoms with E-state index >= 15 is 0 Å². The number of nitrogens with one attached hydrogen (secondary N) is 1. The SMILES string of the molecule is CCN(CC)C(=O)Sc1ccccc1C(=O)Nc1ccc(Cl)c(Cl)c1. The molecule has 7 heteroatoms. The van der Waals surface area contributed by atoms with Crippen LogP contribution in [0.25, 0.3) is 0 Å². The number of halogens is 2. The first-order valence-electron chi connectivity index (χ1n) is 7.78. The van der Waals surface area contributed by atoms with Crippen LogP contribution in [-0.2, 0) is 0 Å². The summed E-state index contributed by atoms with van der Waals surface area (Å²) in [5, 5.41) is 3.47. The molecule has 132 valence electrons. The zero-order chi connectivity index (χ0) is 18.4. The van der Waals surface area contributed by atoms with Gasteiger partial charge in [0, 0.05) is 23.7 Å². The lowest BCUT2D eigenvalue weighted by atomic mass is 10.2. The molecule has 2 rings (SSSR count). The van der Waals surface area contributed by atoms with Crippen molar-refractivity contribution in [2.45, 2.75) is 18.7 Å². The van der Waals surface area contributed by atoms with Gasteiger partial charge in [-0.2, -0.15) is 0 Å². The van der Waals surface area contributed by atoms with Crippen LogP contribution in [0.5, 0.6) is 0 Å². The van der Waals surface area contributed by atoms with Crippen LogP contribution in [0.4, 0.5) is 10.5 Å². The second-order valence-corrected chi connectivity index (χ2v) is 6.93. The maximum Gasteiger partial charge on any atom is 0.286 e. The Morgan fingerprint density at radius 1 is 1.04 bits per heavy atom. The van der Waals surface area contributed by atoms with Gasteiger partial charge in [0.25, 0.3) is 11.1 Å². The molecule has 4 nitrogen and oxygen atoms in total. The molecule has 0 spiro atoms. The predicted octanol–water partition coefficient (Wildman–Crippen LogP) is 5.80. The molecular weight excluding hydrogens is 379 g/mol. The fourth-order valence-electron chi connectivity index (χ4n) is 2.16. The summed E-state index contributed by atoms with van der Waals surface area (Å²) in [6.07, 6.45) is 0. The van der Waals surface area contributed by atoms with E-state index in [2.05, 4.69) is 5.32 Å². The molecule has 0 bridgehead atoms. The highest BCUT2D eigenvalue weighted by molar-refractivity contribution is 8.13. The molecule has 0 unspecified atom stereocenters. The Bertz CT molecular complexity index is 779. The molecule has 0 fully saturated rings. The van der Waals surface area contributed by atoms with Crippen LogP contribution < -0.4 is 5.32 Å². The van der Waals surface area contributed by atoms with Crippen molar-refractivity contribution >= 4 is 51.8 Å². The Kier molecular flexibility index (Phi) is 7.17. The summed E-state index contributed by atoms with van der Waals surface area (Å²) < 4.78 is 0. The Labute approximate surface area is 161 Å². The van der Waals surface area contributed by atoms with E-state index in [-0.39, 0.29) is 11.1 Å². The van der Waals surface area contributed by atoms with E-state index in [1.54, 1.807) is 47.4 Å². The van der Waals surface area contributed by atoms with Crippen molar-refractivity contribution in [1.29, 1.82) is 0 Å². The summed E-state index contributed by atoms with van der Waals surface area (Å²) in [5.74, 6) is -0.311. The molecular formula is C18H18Cl2N2O2S. The third kappa shape index (κ3) is 5.14. The summed E-state index contributed by atoms with van der Waals surface area (Å²) in [7, 11) is 0. The molecule has 2 aromatic carbocycles. The number of hydrogen-bond donors (Lipinski definition) is 1. The quantitative estimate of drug-likeness (QED) is 0.649. The average Bonchev–Trinajstić information content (AvgIpc) is 2.59. The Morgan fingerprint density at radius 3 is 2.36 bits per heavy atom. The first kappa shape index (κ1) is 19.6. The fraction of sp³-hybridized carbons (Fsp3) is 0.222. The van der Waals surface area contributed by atoms with E-state index in [1.165, 1.54) is 0 Å². The van der Waals surface area contributed by atoms with Gasteiger partial charge in [0.05, 0.1) is 15.6 Å². The zero-order valence-electron chi connectivity index (χ0n) is 13.9. The van der Waals surface area contributed by atoms with E-state index in [9.17, 15) is 9.59 Å². The number of hydrogen-bond acceptors (Lipinski definition) is 3. The molecule has 1 N–H and O–H groups in total. The van der Waals surface area contributed by atoms with Gasteiger partial charge in [-0.05, 0) is 55.9 Å². The maximum atomic E-state index is 12.6. The highest BCUT2D eigenvalue weighted by Crippen LogP contribution is 2.28. The van der Waals surface area contributed by atoms with Gasteiger partial charge in [0.2, 0.25) is 0 Å². The normalized spacial score (nSPS) is 10.4. The second-order valence-electron chi connectivity index (χ2n) is 5.12. The predicted molar refractivity (Wildman–Crippen MR) is 105 cm³/mol. The molecule has 2 aromatic rings. The lowest BCUT2D eigenvalue weighted by Crippen LogP contribution is -2.27. The van der Waals surface area contributed by atoms with Crippen molar-refractivity contribution in [2.75, 3.05) is 18.4 Å². The number of rotatable bonds is 5. The monoisotopic (exact) mass is 396 g/mol. The van der Waals surface area contributed by atoms with Crippen LogP contribution in [0.1, 0.15) is 24.2 Å². The minimum Gasteiger partial charge on any atom is -0.334 e. The molecule has 0 atom stereocenters. The van der Waals surface area contributed by atoms with Gasteiger partial charge in [0.1, 0.15) is 0 Å². The first-order valence-corrected chi connectivity index (χ1v) is 9.35. The van der Waals surface area contributed by atoms with Crippen molar-refractivity contribution in [3.05, 3.63) is 58.1 Å². The summed E-state index contributed by atoms with van der Waals surface area (Å²) in [6, 6.07) is 11.9. The molecule has 0 saturated carbocycles. The van der Waals surface area contributed by atoms with Gasteiger partial charge < -0.3 is 10.2 Å². The van der Waals surface area contributed by atoms with E-state index in [4.69, 9.17) is 23.2 Å². The standard InChI is InChI=1S/C18H18Cl2N2O2S/c1-3-22(4-2)18(24)25-16-8-6-5-7-13(16)17(23)21-12-9-10-14(19)15(20)11-12/h5-11H,3-4H2,1-2H3,(H,21,23). The molecule has 2 amide bonds. The zero-order valence-corrected chi connectivity index (χ0v) is 16.2. The smallest absolute Gasteiger partial charge is 0.286 e. The van der Waals surface area contributed by atoms with E-state index in [1.807, 2.05) is 13.8 Å². The molecule has 0 aromatic heterocycles. The average molecular weight is 397 g/mol. The van der Waals surface area contributed by atoms with Crippen molar-refractivity contribution in [3.63, 3.8) is 0 Å². The number of benzene rings is 2. The Morgan fingerprint density at radius 2 is 1.72 bits per heavy atom. The molecule has 25 heavy (non-hydrogen) atoms. The second kappa shape index (κ2) is 9.13. The Balaban J connectivity index is 2.20. The molecule has 0 saturated heterocycles. The van der Waals surface area contributed by atoms with E-state index in [0.717, 1.165) is 11.8 Å². The summed E-state index contributed by atoms with van der Waals surface area (Å²) in [4.78, 5) is 27.2. The largest absolute Gasteiger partial charge is 0.334 e. The molecule has 0 aliphatic heterocycles. The lowest BCUT2D eigenvalue weighted by Gasteiger charge is -2.18. The molecule has 0 aliphatic rings. The first-order chi connectivity index (χ1) is 12.0. The van der Waals surface area contributed by atoms with Gasteiger partial charge in [0.15, 0.2) is 0 Å². The topological polar surface area (TPSA) is 49.4 Å². The highest BCUT2D eigenvalue weighted by atomic mass is 35.5. The summed E-state index contributed by atoms with van der Waals surface area (Å²) in [6.45, 7) is 5.09. The van der Waals surface area contributed by atoms with Gasteiger partial charge in [-0.15, -0.1) is 0 Å². The van der Waals surface area contributed by atoms with Crippen LogP contribution in [0.3, 0.4) is 0 Å². The Hall–Kier alpha value is -1.69. The minimum atomic E-state index is -0.311. The number of anilines is 1.